The molecule has 11 aromatic carbocycles. The van der Waals surface area contributed by atoms with Crippen molar-refractivity contribution in [2.24, 2.45) is 0 Å². The minimum atomic E-state index is -0.114. The molecular formula is C70H52N2O2. The van der Waals surface area contributed by atoms with Crippen LogP contribution in [-0.4, -0.2) is 0 Å². The van der Waals surface area contributed by atoms with Gasteiger partial charge in [-0.2, -0.15) is 0 Å². The van der Waals surface area contributed by atoms with Crippen LogP contribution in [0.2, 0.25) is 0 Å². The van der Waals surface area contributed by atoms with Crippen molar-refractivity contribution in [3.63, 3.8) is 0 Å². The summed E-state index contributed by atoms with van der Waals surface area (Å²) in [6, 6.07) is 75.9. The molecule has 0 amide bonds. The molecule has 0 N–H and O–H groups in total. The van der Waals surface area contributed by atoms with Gasteiger partial charge in [-0.15, -0.1) is 0 Å². The van der Waals surface area contributed by atoms with Crippen LogP contribution in [0.5, 0.6) is 0 Å². The minimum Gasteiger partial charge on any atom is -0.456 e. The fourth-order valence-corrected chi connectivity index (χ4v) is 13.1. The molecule has 0 unspecified atom stereocenters. The van der Waals surface area contributed by atoms with Gasteiger partial charge in [-0.1, -0.05) is 149 Å². The van der Waals surface area contributed by atoms with Gasteiger partial charge in [-0.25, -0.2) is 0 Å². The van der Waals surface area contributed by atoms with Crippen LogP contribution >= 0.6 is 0 Å². The van der Waals surface area contributed by atoms with E-state index in [1.807, 2.05) is 0 Å². The van der Waals surface area contributed by atoms with E-state index in [2.05, 4.69) is 258 Å². The molecule has 0 saturated heterocycles. The largest absolute Gasteiger partial charge is 0.456 e. The van der Waals surface area contributed by atoms with Crippen LogP contribution in [0.1, 0.15) is 61.1 Å². The van der Waals surface area contributed by atoms with Gasteiger partial charge in [0.2, 0.25) is 0 Å². The van der Waals surface area contributed by atoms with Crippen LogP contribution in [-0.2, 0) is 10.8 Å². The zero-order chi connectivity index (χ0) is 49.8. The number of aryl methyl sites for hydroxylation is 2. The third-order valence-electron chi connectivity index (χ3n) is 16.8. The lowest BCUT2D eigenvalue weighted by molar-refractivity contribution is 0.660. The van der Waals surface area contributed by atoms with Gasteiger partial charge in [0, 0.05) is 60.9 Å². The van der Waals surface area contributed by atoms with Crippen molar-refractivity contribution in [3.05, 3.63) is 240 Å². The first-order valence-corrected chi connectivity index (χ1v) is 25.9. The molecule has 15 rings (SSSR count). The van der Waals surface area contributed by atoms with E-state index in [1.165, 1.54) is 67.0 Å². The predicted octanol–water partition coefficient (Wildman–Crippen LogP) is 20.0. The zero-order valence-corrected chi connectivity index (χ0v) is 42.3. The summed E-state index contributed by atoms with van der Waals surface area (Å²) in [6.07, 6.45) is 0. The molecule has 2 aliphatic rings. The summed E-state index contributed by atoms with van der Waals surface area (Å²) >= 11 is 0. The summed E-state index contributed by atoms with van der Waals surface area (Å²) in [4.78, 5) is 4.91. The summed E-state index contributed by atoms with van der Waals surface area (Å²) in [7, 11) is 0. The average Bonchev–Trinajstić information content (AvgIpc) is 4.11. The Balaban J connectivity index is 0.865. The summed E-state index contributed by atoms with van der Waals surface area (Å²) in [5.74, 6) is 0. The number of rotatable bonds is 6. The molecule has 2 heterocycles. The topological polar surface area (TPSA) is 32.8 Å². The zero-order valence-electron chi connectivity index (χ0n) is 42.3. The summed E-state index contributed by atoms with van der Waals surface area (Å²) in [6.45, 7) is 13.8. The second-order valence-electron chi connectivity index (χ2n) is 21.8. The lowest BCUT2D eigenvalue weighted by Gasteiger charge is -2.30. The highest BCUT2D eigenvalue weighted by Crippen LogP contribution is 2.56. The maximum absolute atomic E-state index is 7.02. The third-order valence-corrected chi connectivity index (χ3v) is 16.8. The highest BCUT2D eigenvalue weighted by molar-refractivity contribution is 6.24. The van der Waals surface area contributed by atoms with Crippen molar-refractivity contribution in [3.8, 4) is 22.3 Å². The van der Waals surface area contributed by atoms with Gasteiger partial charge < -0.3 is 18.6 Å². The van der Waals surface area contributed by atoms with E-state index in [0.717, 1.165) is 88.2 Å². The molecule has 0 spiro atoms. The first kappa shape index (κ1) is 42.8. The Morgan fingerprint density at radius 2 is 0.797 bits per heavy atom. The molecule has 13 aromatic rings. The minimum absolute atomic E-state index is 0.114. The Morgan fingerprint density at radius 1 is 0.338 bits per heavy atom. The van der Waals surface area contributed by atoms with Crippen molar-refractivity contribution < 1.29 is 8.83 Å². The van der Waals surface area contributed by atoms with E-state index < -0.39 is 0 Å². The van der Waals surface area contributed by atoms with E-state index in [9.17, 15) is 0 Å². The normalized spacial score (nSPS) is 14.0. The lowest BCUT2D eigenvalue weighted by atomic mass is 9.82. The van der Waals surface area contributed by atoms with Crippen molar-refractivity contribution >= 4 is 99.5 Å². The SMILES string of the molecule is Cc1ccccc1N(c1ccc2cc3c(cc2c1)oc1c3ccc2oc3cc4cc(N(c5ccccc5C)c5cccc6c5-c5ccccc5C6(C)C)ccc4cc3c21)c1cccc2c1-c1ccccc1C2(C)C. The monoisotopic (exact) mass is 952 g/mol. The molecule has 0 aliphatic heterocycles. The lowest BCUT2D eigenvalue weighted by Crippen LogP contribution is -2.16. The van der Waals surface area contributed by atoms with Crippen LogP contribution in [0.25, 0.3) is 87.7 Å². The average molecular weight is 953 g/mol. The van der Waals surface area contributed by atoms with Gasteiger partial charge in [-0.3, -0.25) is 0 Å². The molecule has 0 atom stereocenters. The number of benzene rings is 11. The molecule has 354 valence electrons. The van der Waals surface area contributed by atoms with Gasteiger partial charge in [0.15, 0.2) is 0 Å². The van der Waals surface area contributed by atoms with Crippen molar-refractivity contribution in [1.29, 1.82) is 0 Å². The van der Waals surface area contributed by atoms with Gasteiger partial charge in [-0.05, 0) is 165 Å². The second-order valence-corrected chi connectivity index (χ2v) is 21.8. The summed E-state index contributed by atoms with van der Waals surface area (Å²) in [5, 5.41) is 8.73. The molecule has 4 heteroatoms. The van der Waals surface area contributed by atoms with Gasteiger partial charge in [0.05, 0.1) is 16.8 Å². The number of nitrogens with zero attached hydrogens (tertiary/aromatic N) is 2. The number of furan rings is 2. The molecule has 0 fully saturated rings. The fourth-order valence-electron chi connectivity index (χ4n) is 13.1. The number of anilines is 6. The maximum atomic E-state index is 7.02. The molecule has 0 radical (unpaired) electrons. The summed E-state index contributed by atoms with van der Waals surface area (Å²) < 4.78 is 13.8. The van der Waals surface area contributed by atoms with Gasteiger partial charge in [0.25, 0.3) is 0 Å². The predicted molar refractivity (Wildman–Crippen MR) is 310 cm³/mol. The smallest absolute Gasteiger partial charge is 0.147 e. The van der Waals surface area contributed by atoms with E-state index in [4.69, 9.17) is 8.83 Å². The van der Waals surface area contributed by atoms with Crippen molar-refractivity contribution in [1.82, 2.24) is 0 Å². The van der Waals surface area contributed by atoms with E-state index >= 15 is 0 Å². The van der Waals surface area contributed by atoms with E-state index in [0.29, 0.717) is 0 Å². The third kappa shape index (κ3) is 5.97. The molecule has 0 saturated carbocycles. The molecule has 4 nitrogen and oxygen atoms in total. The van der Waals surface area contributed by atoms with Crippen LogP contribution in [0.15, 0.2) is 215 Å². The number of hydrogen-bond donors (Lipinski definition) is 0. The quantitative estimate of drug-likeness (QED) is 0.166. The maximum Gasteiger partial charge on any atom is 0.147 e. The Hall–Kier alpha value is -8.86. The van der Waals surface area contributed by atoms with Crippen LogP contribution < -0.4 is 9.80 Å². The fraction of sp³-hybridized carbons (Fsp3) is 0.114. The number of hydrogen-bond acceptors (Lipinski definition) is 4. The molecule has 0 bridgehead atoms. The Bertz CT molecular complexity index is 4550. The van der Waals surface area contributed by atoms with Crippen LogP contribution in [0, 0.1) is 13.8 Å². The molecule has 2 aromatic heterocycles. The van der Waals surface area contributed by atoms with E-state index in [-0.39, 0.29) is 10.8 Å². The molecular weight excluding hydrogens is 901 g/mol. The molecule has 2 aliphatic carbocycles. The van der Waals surface area contributed by atoms with Gasteiger partial charge >= 0.3 is 0 Å². The Kier molecular flexibility index (Phi) is 8.87. The van der Waals surface area contributed by atoms with Crippen molar-refractivity contribution in [2.75, 3.05) is 9.80 Å². The molecule has 74 heavy (non-hydrogen) atoms. The number of fused-ring (bicyclic) bond motifs is 15. The van der Waals surface area contributed by atoms with Crippen LogP contribution in [0.3, 0.4) is 0 Å². The van der Waals surface area contributed by atoms with Crippen LogP contribution in [0.4, 0.5) is 34.1 Å². The highest BCUT2D eigenvalue weighted by atomic mass is 16.3. The van der Waals surface area contributed by atoms with Crippen molar-refractivity contribution in [2.45, 2.75) is 52.4 Å². The van der Waals surface area contributed by atoms with Gasteiger partial charge in [0.1, 0.15) is 22.3 Å². The summed E-state index contributed by atoms with van der Waals surface area (Å²) in [5.41, 5.74) is 23.0. The highest BCUT2D eigenvalue weighted by Gasteiger charge is 2.39. The first-order valence-electron chi connectivity index (χ1n) is 25.9. The second kappa shape index (κ2) is 15.3. The number of para-hydroxylation sites is 2. The standard InChI is InChI=1S/C70H52N2O2/c1-41-17-7-13-25-58(41)71(60-27-15-23-56-65(60)50-19-9-11-21-54(50)69(56,3)4)47-31-29-43-37-52-49-33-34-62-67(68(49)74-63(52)39-45(43)35-47)53-38-44-30-32-48(36-46(44)40-64(53)73-62)72(59-26-14-8-18-42(59)2)61-28-16-24-57-66(61)51-20-10-12-22-55(51)70(57,5)6/h7-40H,1-6H3. The first-order chi connectivity index (χ1) is 36.0. The van der Waals surface area contributed by atoms with E-state index in [1.54, 1.807) is 0 Å². The Morgan fingerprint density at radius 3 is 1.34 bits per heavy atom. The Labute approximate surface area is 430 Å².